The van der Waals surface area contributed by atoms with Gasteiger partial charge in [-0.15, -0.1) is 11.8 Å². The third-order valence-corrected chi connectivity index (χ3v) is 6.85. The Morgan fingerprint density at radius 2 is 1.30 bits per heavy atom. The van der Waals surface area contributed by atoms with Gasteiger partial charge >= 0.3 is 0 Å². The van der Waals surface area contributed by atoms with Gasteiger partial charge in [-0.05, 0) is 23.1 Å². The van der Waals surface area contributed by atoms with Gasteiger partial charge in [-0.25, -0.2) is 0 Å². The van der Waals surface area contributed by atoms with Crippen LogP contribution in [0, 0.1) is 0 Å². The monoisotopic (exact) mass is 418 g/mol. The zero-order valence-corrected chi connectivity index (χ0v) is 18.3. The zero-order valence-electron chi connectivity index (χ0n) is 17.5. The highest BCUT2D eigenvalue weighted by atomic mass is 32.2. The molecule has 0 fully saturated rings. The van der Waals surface area contributed by atoms with Crippen LogP contribution in [0.1, 0.15) is 36.5 Å². The van der Waals surface area contributed by atoms with E-state index in [4.69, 9.17) is 5.73 Å². The smallest absolute Gasteiger partial charge is 0.237 e. The molecule has 30 heavy (non-hydrogen) atoms. The molecule has 0 spiro atoms. The fourth-order valence-corrected chi connectivity index (χ4v) is 5.07. The highest BCUT2D eigenvalue weighted by molar-refractivity contribution is 8.00. The Balaban J connectivity index is 1.98. The molecule has 1 atom stereocenters. The average molecular weight is 419 g/mol. The summed E-state index contributed by atoms with van der Waals surface area (Å²) in [5.74, 6) is 0.426. The molecule has 1 amide bonds. The molecule has 0 aliphatic heterocycles. The minimum atomic E-state index is -0.567. The van der Waals surface area contributed by atoms with Crippen LogP contribution in [-0.2, 0) is 9.54 Å². The minimum Gasteiger partial charge on any atom is -0.355 e. The number of hydrogen-bond donors (Lipinski definition) is 2. The van der Waals surface area contributed by atoms with E-state index in [1.807, 2.05) is 18.2 Å². The molecular weight excluding hydrogens is 388 g/mol. The predicted molar refractivity (Wildman–Crippen MR) is 128 cm³/mol. The molecule has 4 heteroatoms. The molecule has 3 aromatic carbocycles. The Kier molecular flexibility index (Phi) is 8.12. The van der Waals surface area contributed by atoms with Crippen LogP contribution in [0.15, 0.2) is 91.0 Å². The molecule has 0 aliphatic carbocycles. The van der Waals surface area contributed by atoms with Crippen LogP contribution in [0.4, 0.5) is 0 Å². The zero-order chi connectivity index (χ0) is 21.2. The third-order valence-electron chi connectivity index (χ3n) is 5.19. The largest absolute Gasteiger partial charge is 0.355 e. The molecule has 0 saturated heterocycles. The maximum absolute atomic E-state index is 12.5. The fraction of sp³-hybridized carbons (Fsp3) is 0.269. The van der Waals surface area contributed by atoms with Crippen LogP contribution in [0.3, 0.4) is 0 Å². The van der Waals surface area contributed by atoms with E-state index < -0.39 is 10.8 Å². The number of amides is 1. The standard InChI is InChI=1S/C26H30N2OS/c1-2-3-19-28-25(29)24(27)20-30-26(21-13-7-4-8-14-21,22-15-9-5-10-16-22)23-17-11-6-12-18-23/h4-18,24H,2-3,19-20,27H2,1H3,(H,28,29)/t24-/m0/s1. The second kappa shape index (κ2) is 11.0. The number of benzene rings is 3. The Labute approximate surface area is 184 Å². The van der Waals surface area contributed by atoms with Crippen molar-refractivity contribution < 1.29 is 4.79 Å². The Hall–Kier alpha value is -2.56. The van der Waals surface area contributed by atoms with E-state index in [-0.39, 0.29) is 5.91 Å². The molecule has 156 valence electrons. The SMILES string of the molecule is CCCCNC(=O)[C@@H](N)CSC(c1ccccc1)(c1ccccc1)c1ccccc1. The average Bonchev–Trinajstić information content (AvgIpc) is 2.81. The summed E-state index contributed by atoms with van der Waals surface area (Å²) in [6.45, 7) is 2.78. The van der Waals surface area contributed by atoms with Crippen LogP contribution in [0.25, 0.3) is 0 Å². The predicted octanol–water partition coefficient (Wildman–Crippen LogP) is 4.96. The van der Waals surface area contributed by atoms with E-state index >= 15 is 0 Å². The topological polar surface area (TPSA) is 55.1 Å². The van der Waals surface area contributed by atoms with Gasteiger partial charge in [0.15, 0.2) is 0 Å². The van der Waals surface area contributed by atoms with E-state index in [1.54, 1.807) is 11.8 Å². The lowest BCUT2D eigenvalue weighted by Crippen LogP contribution is -2.43. The van der Waals surface area contributed by atoms with Gasteiger partial charge in [0.1, 0.15) is 0 Å². The molecule has 0 radical (unpaired) electrons. The second-order valence-corrected chi connectivity index (χ2v) is 8.58. The summed E-state index contributed by atoms with van der Waals surface area (Å²) < 4.78 is -0.453. The summed E-state index contributed by atoms with van der Waals surface area (Å²) in [6.07, 6.45) is 2.01. The van der Waals surface area contributed by atoms with Gasteiger partial charge in [-0.1, -0.05) is 104 Å². The van der Waals surface area contributed by atoms with Crippen molar-refractivity contribution in [3.63, 3.8) is 0 Å². The molecule has 0 saturated carbocycles. The number of hydrogen-bond acceptors (Lipinski definition) is 3. The van der Waals surface area contributed by atoms with Crippen molar-refractivity contribution in [2.24, 2.45) is 5.73 Å². The Morgan fingerprint density at radius 1 is 0.867 bits per heavy atom. The first-order chi connectivity index (χ1) is 14.7. The lowest BCUT2D eigenvalue weighted by Gasteiger charge is -2.36. The fourth-order valence-electron chi connectivity index (χ4n) is 3.58. The number of thioether (sulfide) groups is 1. The summed E-state index contributed by atoms with van der Waals surface area (Å²) >= 11 is 1.72. The normalized spacial score (nSPS) is 12.3. The van der Waals surface area contributed by atoms with E-state index in [2.05, 4.69) is 85.0 Å². The molecular formula is C26H30N2OS. The Morgan fingerprint density at radius 3 is 1.70 bits per heavy atom. The van der Waals surface area contributed by atoms with Crippen LogP contribution >= 0.6 is 11.8 Å². The van der Waals surface area contributed by atoms with Gasteiger partial charge in [-0.3, -0.25) is 4.79 Å². The molecule has 0 aliphatic rings. The number of carbonyl (C=O) groups is 1. The molecule has 0 aromatic heterocycles. The summed E-state index contributed by atoms with van der Waals surface area (Å²) in [4.78, 5) is 12.5. The van der Waals surface area contributed by atoms with Crippen molar-refractivity contribution in [1.82, 2.24) is 5.32 Å². The molecule has 3 nitrogen and oxygen atoms in total. The molecule has 3 aromatic rings. The lowest BCUT2D eigenvalue weighted by molar-refractivity contribution is -0.121. The van der Waals surface area contributed by atoms with Gasteiger partial charge in [-0.2, -0.15) is 0 Å². The lowest BCUT2D eigenvalue weighted by atomic mass is 9.84. The van der Waals surface area contributed by atoms with Crippen LogP contribution in [0.2, 0.25) is 0 Å². The van der Waals surface area contributed by atoms with Crippen molar-refractivity contribution in [3.05, 3.63) is 108 Å². The van der Waals surface area contributed by atoms with Crippen LogP contribution in [-0.4, -0.2) is 24.2 Å². The molecule has 0 heterocycles. The maximum atomic E-state index is 12.5. The first-order valence-electron chi connectivity index (χ1n) is 10.5. The molecule has 0 unspecified atom stereocenters. The second-order valence-electron chi connectivity index (χ2n) is 7.34. The first kappa shape index (κ1) is 22.1. The number of unbranched alkanes of at least 4 members (excludes halogenated alkanes) is 1. The summed E-state index contributed by atoms with van der Waals surface area (Å²) in [7, 11) is 0. The number of nitrogens with one attached hydrogen (secondary N) is 1. The van der Waals surface area contributed by atoms with Crippen molar-refractivity contribution >= 4 is 17.7 Å². The summed E-state index contributed by atoms with van der Waals surface area (Å²) in [5, 5.41) is 2.96. The van der Waals surface area contributed by atoms with Gasteiger partial charge in [0.05, 0.1) is 10.8 Å². The van der Waals surface area contributed by atoms with Crippen LogP contribution < -0.4 is 11.1 Å². The molecule has 0 bridgehead atoms. The highest BCUT2D eigenvalue weighted by Gasteiger charge is 2.37. The number of rotatable bonds is 10. The Bertz CT molecular complexity index is 803. The van der Waals surface area contributed by atoms with Gasteiger partial charge in [0.25, 0.3) is 0 Å². The van der Waals surface area contributed by atoms with E-state index in [0.29, 0.717) is 12.3 Å². The quantitative estimate of drug-likeness (QED) is 0.362. The highest BCUT2D eigenvalue weighted by Crippen LogP contribution is 2.48. The van der Waals surface area contributed by atoms with Crippen LogP contribution in [0.5, 0.6) is 0 Å². The van der Waals surface area contributed by atoms with Gasteiger partial charge in [0, 0.05) is 12.3 Å². The number of carbonyl (C=O) groups excluding carboxylic acids is 1. The van der Waals surface area contributed by atoms with E-state index in [9.17, 15) is 4.79 Å². The minimum absolute atomic E-state index is 0.0842. The van der Waals surface area contributed by atoms with Crippen molar-refractivity contribution in [3.8, 4) is 0 Å². The van der Waals surface area contributed by atoms with Crippen molar-refractivity contribution in [2.75, 3.05) is 12.3 Å². The molecule has 3 N–H and O–H groups in total. The third kappa shape index (κ3) is 5.13. The summed E-state index contributed by atoms with van der Waals surface area (Å²) in [5.41, 5.74) is 9.82. The van der Waals surface area contributed by atoms with Crippen molar-refractivity contribution in [1.29, 1.82) is 0 Å². The molecule has 3 rings (SSSR count). The van der Waals surface area contributed by atoms with E-state index in [1.165, 1.54) is 16.7 Å². The van der Waals surface area contributed by atoms with Gasteiger partial charge in [0.2, 0.25) is 5.91 Å². The van der Waals surface area contributed by atoms with Gasteiger partial charge < -0.3 is 11.1 Å². The van der Waals surface area contributed by atoms with E-state index in [0.717, 1.165) is 12.8 Å². The number of nitrogens with two attached hydrogens (primary N) is 1. The summed E-state index contributed by atoms with van der Waals surface area (Å²) in [6, 6.07) is 30.8. The van der Waals surface area contributed by atoms with Crippen molar-refractivity contribution in [2.45, 2.75) is 30.6 Å². The maximum Gasteiger partial charge on any atom is 0.237 e. The first-order valence-corrected chi connectivity index (χ1v) is 11.5.